The molecule has 0 aliphatic rings. The van der Waals surface area contributed by atoms with Gasteiger partial charge in [-0.05, 0) is 47.7 Å². The van der Waals surface area contributed by atoms with Crippen molar-refractivity contribution < 1.29 is 13.2 Å². The van der Waals surface area contributed by atoms with E-state index in [4.69, 9.17) is 4.74 Å². The molecule has 114 valence electrons. The highest BCUT2D eigenvalue weighted by molar-refractivity contribution is 14.1. The second-order valence-corrected chi connectivity index (χ2v) is 7.56. The molecule has 1 aromatic carbocycles. The number of ether oxygens (including phenoxy) is 1. The Morgan fingerprint density at radius 3 is 2.50 bits per heavy atom. The summed E-state index contributed by atoms with van der Waals surface area (Å²) in [4.78, 5) is 8.32. The molecule has 0 radical (unpaired) electrons. The lowest BCUT2D eigenvalue weighted by atomic mass is 10.2. The molecule has 0 N–H and O–H groups in total. The van der Waals surface area contributed by atoms with E-state index in [1.54, 1.807) is 30.3 Å². The fourth-order valence-electron chi connectivity index (χ4n) is 2.14. The van der Waals surface area contributed by atoms with E-state index >= 15 is 0 Å². The zero-order valence-electron chi connectivity index (χ0n) is 11.8. The Kier molecular flexibility index (Phi) is 3.81. The fraction of sp³-hybridized carbons (Fsp3) is 0.143. The molecule has 0 amide bonds. The summed E-state index contributed by atoms with van der Waals surface area (Å²) in [7, 11) is -2.24. The van der Waals surface area contributed by atoms with Gasteiger partial charge in [-0.1, -0.05) is 17.7 Å². The summed E-state index contributed by atoms with van der Waals surface area (Å²) in [5, 5.41) is 0.560. The first kappa shape index (κ1) is 15.2. The predicted molar refractivity (Wildman–Crippen MR) is 90.6 cm³/mol. The van der Waals surface area contributed by atoms with E-state index in [9.17, 15) is 8.42 Å². The third-order valence-corrected chi connectivity index (χ3v) is 6.07. The number of rotatable bonds is 3. The van der Waals surface area contributed by atoms with Gasteiger partial charge in [0.25, 0.3) is 10.0 Å². The van der Waals surface area contributed by atoms with Gasteiger partial charge in [0, 0.05) is 0 Å². The van der Waals surface area contributed by atoms with Gasteiger partial charge in [0.05, 0.1) is 21.1 Å². The minimum atomic E-state index is -3.73. The van der Waals surface area contributed by atoms with Gasteiger partial charge < -0.3 is 4.74 Å². The van der Waals surface area contributed by atoms with Gasteiger partial charge in [-0.3, -0.25) is 0 Å². The number of nitrogens with zero attached hydrogens (tertiary/aromatic N) is 3. The van der Waals surface area contributed by atoms with Crippen molar-refractivity contribution in [3.63, 3.8) is 0 Å². The van der Waals surface area contributed by atoms with Crippen molar-refractivity contribution in [2.45, 2.75) is 11.8 Å². The van der Waals surface area contributed by atoms with E-state index in [2.05, 4.69) is 9.97 Å². The lowest BCUT2D eigenvalue weighted by Crippen LogP contribution is -2.15. The summed E-state index contributed by atoms with van der Waals surface area (Å²) >= 11 is 1.97. The van der Waals surface area contributed by atoms with Crippen molar-refractivity contribution in [1.82, 2.24) is 13.9 Å². The van der Waals surface area contributed by atoms with E-state index in [1.807, 2.05) is 29.5 Å². The normalized spacial score (nSPS) is 11.8. The molecule has 0 fully saturated rings. The lowest BCUT2D eigenvalue weighted by Gasteiger charge is -2.09. The summed E-state index contributed by atoms with van der Waals surface area (Å²) in [5.74, 6) is 0.348. The Hall–Kier alpha value is -1.68. The van der Waals surface area contributed by atoms with Crippen LogP contribution in [0, 0.1) is 10.6 Å². The Balaban J connectivity index is 2.30. The molecule has 6 nitrogen and oxygen atoms in total. The smallest absolute Gasteiger partial charge is 0.270 e. The second kappa shape index (κ2) is 5.51. The molecule has 8 heteroatoms. The molecule has 2 aromatic heterocycles. The largest absolute Gasteiger partial charge is 0.480 e. The number of methoxy groups -OCH3 is 1. The van der Waals surface area contributed by atoms with Gasteiger partial charge in [-0.2, -0.15) is 0 Å². The van der Waals surface area contributed by atoms with Crippen LogP contribution in [0.4, 0.5) is 0 Å². The number of aromatic nitrogens is 3. The van der Waals surface area contributed by atoms with E-state index in [0.29, 0.717) is 20.6 Å². The maximum Gasteiger partial charge on any atom is 0.270 e. The van der Waals surface area contributed by atoms with Crippen molar-refractivity contribution >= 4 is 43.6 Å². The number of hydrogen-bond donors (Lipinski definition) is 0. The quantitative estimate of drug-likeness (QED) is 0.599. The molecule has 3 aromatic rings. The van der Waals surface area contributed by atoms with Crippen LogP contribution in [0.2, 0.25) is 0 Å². The topological polar surface area (TPSA) is 74.1 Å². The third-order valence-electron chi connectivity index (χ3n) is 3.23. The van der Waals surface area contributed by atoms with E-state index < -0.39 is 10.0 Å². The summed E-state index contributed by atoms with van der Waals surface area (Å²) in [6.07, 6.45) is 1.29. The molecule has 0 unspecified atom stereocenters. The van der Waals surface area contributed by atoms with Crippen LogP contribution in [0.15, 0.2) is 41.6 Å². The average Bonchev–Trinajstić information content (AvgIpc) is 2.84. The monoisotopic (exact) mass is 429 g/mol. The molecule has 0 saturated heterocycles. The highest BCUT2D eigenvalue weighted by Crippen LogP contribution is 2.29. The first-order valence-corrected chi connectivity index (χ1v) is 8.85. The van der Waals surface area contributed by atoms with Crippen molar-refractivity contribution in [3.05, 3.63) is 45.9 Å². The van der Waals surface area contributed by atoms with Gasteiger partial charge in [-0.25, -0.2) is 22.4 Å². The fourth-order valence-corrected chi connectivity index (χ4v) is 4.81. The Labute approximate surface area is 141 Å². The Morgan fingerprint density at radius 2 is 1.86 bits per heavy atom. The number of aryl methyl sites for hydroxylation is 1. The van der Waals surface area contributed by atoms with E-state index in [1.165, 1.54) is 17.4 Å². The van der Waals surface area contributed by atoms with E-state index in [-0.39, 0.29) is 4.90 Å². The second-order valence-electron chi connectivity index (χ2n) is 4.67. The van der Waals surface area contributed by atoms with Crippen LogP contribution in [0.3, 0.4) is 0 Å². The summed E-state index contributed by atoms with van der Waals surface area (Å²) in [6.45, 7) is 1.91. The van der Waals surface area contributed by atoms with Crippen molar-refractivity contribution in [2.75, 3.05) is 7.11 Å². The molecule has 2 heterocycles. The van der Waals surface area contributed by atoms with Crippen molar-refractivity contribution in [2.24, 2.45) is 0 Å². The van der Waals surface area contributed by atoms with Gasteiger partial charge in [0.15, 0.2) is 5.65 Å². The van der Waals surface area contributed by atoms with Crippen LogP contribution in [0.25, 0.3) is 11.0 Å². The average molecular weight is 429 g/mol. The maximum absolute atomic E-state index is 12.9. The Morgan fingerprint density at radius 1 is 1.18 bits per heavy atom. The van der Waals surface area contributed by atoms with Gasteiger partial charge in [0.1, 0.15) is 6.33 Å². The molecular formula is C14H12IN3O3S. The lowest BCUT2D eigenvalue weighted by molar-refractivity contribution is 0.402. The van der Waals surface area contributed by atoms with Crippen LogP contribution < -0.4 is 4.74 Å². The van der Waals surface area contributed by atoms with E-state index in [0.717, 1.165) is 5.56 Å². The molecule has 0 saturated carbocycles. The molecule has 0 aliphatic heterocycles. The summed E-state index contributed by atoms with van der Waals surface area (Å²) in [6, 6.07) is 8.40. The summed E-state index contributed by atoms with van der Waals surface area (Å²) in [5.41, 5.74) is 1.30. The van der Waals surface area contributed by atoms with Crippen LogP contribution in [0.5, 0.6) is 5.88 Å². The summed E-state index contributed by atoms with van der Waals surface area (Å²) < 4.78 is 32.7. The van der Waals surface area contributed by atoms with Crippen LogP contribution in [-0.2, 0) is 10.0 Å². The first-order valence-electron chi connectivity index (χ1n) is 6.33. The molecule has 0 atom stereocenters. The zero-order valence-corrected chi connectivity index (χ0v) is 14.8. The predicted octanol–water partition coefficient (Wildman–Crippen LogP) is 2.59. The van der Waals surface area contributed by atoms with Crippen LogP contribution in [0.1, 0.15) is 5.56 Å². The number of benzene rings is 1. The van der Waals surface area contributed by atoms with Gasteiger partial charge in [-0.15, -0.1) is 0 Å². The third kappa shape index (κ3) is 2.35. The van der Waals surface area contributed by atoms with Crippen molar-refractivity contribution in [1.29, 1.82) is 0 Å². The van der Waals surface area contributed by atoms with Gasteiger partial charge in [0.2, 0.25) is 5.88 Å². The molecule has 3 rings (SSSR count). The minimum absolute atomic E-state index is 0.214. The minimum Gasteiger partial charge on any atom is -0.480 e. The SMILES string of the molecule is COc1ncnc2c1cc(I)n2S(=O)(=O)c1ccc(C)cc1. The first-order chi connectivity index (χ1) is 10.4. The molecule has 0 spiro atoms. The number of hydrogen-bond acceptors (Lipinski definition) is 5. The highest BCUT2D eigenvalue weighted by Gasteiger charge is 2.24. The van der Waals surface area contributed by atoms with Gasteiger partial charge >= 0.3 is 0 Å². The number of halogens is 1. The van der Waals surface area contributed by atoms with Crippen molar-refractivity contribution in [3.8, 4) is 5.88 Å². The molecule has 0 aliphatic carbocycles. The standard InChI is InChI=1S/C14H12IN3O3S/c1-9-3-5-10(6-4-9)22(19,20)18-12(15)7-11-13(18)16-8-17-14(11)21-2/h3-8H,1-2H3. The highest BCUT2D eigenvalue weighted by atomic mass is 127. The molecule has 0 bridgehead atoms. The molecule has 22 heavy (non-hydrogen) atoms. The maximum atomic E-state index is 12.9. The van der Waals surface area contributed by atoms with Crippen LogP contribution >= 0.6 is 22.6 Å². The van der Waals surface area contributed by atoms with Crippen LogP contribution in [-0.4, -0.2) is 29.5 Å². The zero-order chi connectivity index (χ0) is 15.9. The Bertz CT molecular complexity index is 949. The molecular weight excluding hydrogens is 417 g/mol. The number of fused-ring (bicyclic) bond motifs is 1.